The summed E-state index contributed by atoms with van der Waals surface area (Å²) in [5.74, 6) is 0.158. The second kappa shape index (κ2) is 5.31. The van der Waals surface area contributed by atoms with Gasteiger partial charge in [0.05, 0.1) is 5.03 Å². The van der Waals surface area contributed by atoms with E-state index in [-0.39, 0.29) is 11.3 Å². The minimum Gasteiger partial charge on any atom is -0.508 e. The summed E-state index contributed by atoms with van der Waals surface area (Å²) in [4.78, 5) is 16.6. The van der Waals surface area contributed by atoms with Gasteiger partial charge in [-0.3, -0.25) is 4.79 Å². The number of phenols is 1. The maximum absolute atomic E-state index is 11.8. The standard InChI is InChI=1S/C14H10ClN3O2S/c1-8-5-12(20)18-14(16-8)21-13(17-18)11(15)7-9-3-2-4-10(19)6-9/h2-7,19H,1H3/b11-7-. The number of phenolic OH excluding ortho intramolecular Hbond substituents is 1. The van der Waals surface area contributed by atoms with Crippen molar-refractivity contribution >= 4 is 39.0 Å². The highest BCUT2D eigenvalue weighted by Crippen LogP contribution is 2.26. The van der Waals surface area contributed by atoms with Gasteiger partial charge in [-0.2, -0.15) is 9.61 Å². The molecule has 0 radical (unpaired) electrons. The van der Waals surface area contributed by atoms with E-state index >= 15 is 0 Å². The highest BCUT2D eigenvalue weighted by Gasteiger charge is 2.10. The molecule has 0 fully saturated rings. The summed E-state index contributed by atoms with van der Waals surface area (Å²) in [6.07, 6.45) is 1.68. The zero-order valence-electron chi connectivity index (χ0n) is 10.9. The molecule has 0 atom stereocenters. The number of benzene rings is 1. The minimum atomic E-state index is -0.234. The van der Waals surface area contributed by atoms with Crippen molar-refractivity contribution < 1.29 is 5.11 Å². The van der Waals surface area contributed by atoms with E-state index in [1.165, 1.54) is 21.9 Å². The van der Waals surface area contributed by atoms with Gasteiger partial charge in [0, 0.05) is 11.8 Å². The molecule has 5 nitrogen and oxygen atoms in total. The Morgan fingerprint density at radius 1 is 1.43 bits per heavy atom. The maximum Gasteiger partial charge on any atom is 0.275 e. The molecule has 21 heavy (non-hydrogen) atoms. The number of aromatic hydroxyl groups is 1. The van der Waals surface area contributed by atoms with Gasteiger partial charge in [-0.25, -0.2) is 4.98 Å². The van der Waals surface area contributed by atoms with E-state index in [1.54, 1.807) is 31.2 Å². The van der Waals surface area contributed by atoms with E-state index in [0.29, 0.717) is 20.7 Å². The summed E-state index contributed by atoms with van der Waals surface area (Å²) in [6.45, 7) is 1.75. The summed E-state index contributed by atoms with van der Waals surface area (Å²) < 4.78 is 1.23. The fourth-order valence-corrected chi connectivity index (χ4v) is 2.98. The molecule has 2 aromatic heterocycles. The van der Waals surface area contributed by atoms with E-state index in [0.717, 1.165) is 5.56 Å². The van der Waals surface area contributed by atoms with E-state index in [9.17, 15) is 9.90 Å². The van der Waals surface area contributed by atoms with Gasteiger partial charge in [0.2, 0.25) is 4.96 Å². The van der Waals surface area contributed by atoms with Crippen molar-refractivity contribution in [3.63, 3.8) is 0 Å². The molecule has 0 saturated heterocycles. The molecule has 0 aliphatic rings. The van der Waals surface area contributed by atoms with Gasteiger partial charge in [0.25, 0.3) is 5.56 Å². The lowest BCUT2D eigenvalue weighted by atomic mass is 10.2. The monoisotopic (exact) mass is 319 g/mol. The molecular weight excluding hydrogens is 310 g/mol. The van der Waals surface area contributed by atoms with Crippen LogP contribution >= 0.6 is 22.9 Å². The van der Waals surface area contributed by atoms with E-state index in [1.807, 2.05) is 6.07 Å². The fourth-order valence-electron chi connectivity index (χ4n) is 1.84. The van der Waals surface area contributed by atoms with Crippen molar-refractivity contribution in [2.45, 2.75) is 6.92 Å². The van der Waals surface area contributed by atoms with Crippen LogP contribution in [0.2, 0.25) is 0 Å². The molecule has 3 aromatic rings. The summed E-state index contributed by atoms with van der Waals surface area (Å²) in [5, 5.41) is 14.5. The van der Waals surface area contributed by atoms with Gasteiger partial charge < -0.3 is 5.11 Å². The third-order valence-electron chi connectivity index (χ3n) is 2.74. The lowest BCUT2D eigenvalue weighted by Crippen LogP contribution is -2.14. The zero-order valence-corrected chi connectivity index (χ0v) is 12.5. The van der Waals surface area contributed by atoms with Crippen LogP contribution in [0.1, 0.15) is 16.3 Å². The van der Waals surface area contributed by atoms with Gasteiger partial charge in [-0.1, -0.05) is 35.1 Å². The smallest absolute Gasteiger partial charge is 0.275 e. The third kappa shape index (κ3) is 2.81. The molecular formula is C14H10ClN3O2S. The molecule has 0 amide bonds. The van der Waals surface area contributed by atoms with Crippen LogP contribution < -0.4 is 5.56 Å². The van der Waals surface area contributed by atoms with Gasteiger partial charge in [0.1, 0.15) is 5.75 Å². The normalized spacial score (nSPS) is 12.0. The van der Waals surface area contributed by atoms with Crippen molar-refractivity contribution in [1.29, 1.82) is 0 Å². The molecule has 7 heteroatoms. The SMILES string of the molecule is Cc1cc(=O)n2nc(/C(Cl)=C/c3cccc(O)c3)sc2n1. The number of nitrogens with zero attached hydrogens (tertiary/aromatic N) is 3. The fraction of sp³-hybridized carbons (Fsp3) is 0.0714. The highest BCUT2D eigenvalue weighted by atomic mass is 35.5. The summed E-state index contributed by atoms with van der Waals surface area (Å²) in [7, 11) is 0. The number of aromatic nitrogens is 3. The van der Waals surface area contributed by atoms with Crippen LogP contribution in [0.25, 0.3) is 16.1 Å². The summed E-state index contributed by atoms with van der Waals surface area (Å²) in [5.41, 5.74) is 1.15. The Balaban J connectivity index is 2.07. The Morgan fingerprint density at radius 3 is 3.00 bits per heavy atom. The second-order valence-corrected chi connectivity index (χ2v) is 5.79. The molecule has 0 unspecified atom stereocenters. The molecule has 0 spiro atoms. The molecule has 1 N–H and O–H groups in total. The molecule has 0 bridgehead atoms. The second-order valence-electron chi connectivity index (χ2n) is 4.42. The Kier molecular flexibility index (Phi) is 3.48. The molecule has 1 aromatic carbocycles. The van der Waals surface area contributed by atoms with Crippen molar-refractivity contribution in [2.24, 2.45) is 0 Å². The number of fused-ring (bicyclic) bond motifs is 1. The van der Waals surface area contributed by atoms with E-state index < -0.39 is 0 Å². The number of aryl methyl sites for hydroxylation is 1. The van der Waals surface area contributed by atoms with Crippen LogP contribution in [0.5, 0.6) is 5.75 Å². The first-order valence-corrected chi connectivity index (χ1v) is 7.26. The van der Waals surface area contributed by atoms with Crippen molar-refractivity contribution in [1.82, 2.24) is 14.6 Å². The quantitative estimate of drug-likeness (QED) is 0.788. The molecule has 3 rings (SSSR count). The first-order chi connectivity index (χ1) is 10.0. The molecule has 2 heterocycles. The topological polar surface area (TPSA) is 67.5 Å². The molecule has 0 aliphatic carbocycles. The molecule has 0 saturated carbocycles. The number of rotatable bonds is 2. The number of hydrogen-bond acceptors (Lipinski definition) is 5. The average Bonchev–Trinajstić information content (AvgIpc) is 2.83. The van der Waals surface area contributed by atoms with Gasteiger partial charge in [0.15, 0.2) is 5.01 Å². The van der Waals surface area contributed by atoms with Crippen molar-refractivity contribution in [2.75, 3.05) is 0 Å². The molecule has 106 valence electrons. The minimum absolute atomic E-state index is 0.158. The largest absolute Gasteiger partial charge is 0.508 e. The Bertz CT molecular complexity index is 914. The van der Waals surface area contributed by atoms with E-state index in [4.69, 9.17) is 11.6 Å². The van der Waals surface area contributed by atoms with Crippen LogP contribution in [-0.2, 0) is 0 Å². The van der Waals surface area contributed by atoms with Crippen LogP contribution in [0, 0.1) is 6.92 Å². The Hall–Kier alpha value is -2.18. The number of hydrogen-bond donors (Lipinski definition) is 1. The zero-order chi connectivity index (χ0) is 15.0. The highest BCUT2D eigenvalue weighted by molar-refractivity contribution is 7.18. The first-order valence-electron chi connectivity index (χ1n) is 6.07. The van der Waals surface area contributed by atoms with Gasteiger partial charge in [-0.05, 0) is 30.7 Å². The Morgan fingerprint density at radius 2 is 2.24 bits per heavy atom. The van der Waals surface area contributed by atoms with Crippen molar-refractivity contribution in [3.05, 3.63) is 57.0 Å². The van der Waals surface area contributed by atoms with Crippen molar-refractivity contribution in [3.8, 4) is 5.75 Å². The van der Waals surface area contributed by atoms with Crippen LogP contribution in [0.15, 0.2) is 35.1 Å². The molecule has 0 aliphatic heterocycles. The van der Waals surface area contributed by atoms with Crippen LogP contribution in [0.3, 0.4) is 0 Å². The Labute approximate surface area is 128 Å². The average molecular weight is 320 g/mol. The summed E-state index contributed by atoms with van der Waals surface area (Å²) >= 11 is 7.48. The van der Waals surface area contributed by atoms with Crippen LogP contribution in [-0.4, -0.2) is 19.7 Å². The number of halogens is 1. The summed E-state index contributed by atoms with van der Waals surface area (Å²) in [6, 6.07) is 8.12. The van der Waals surface area contributed by atoms with Gasteiger partial charge >= 0.3 is 0 Å². The predicted octanol–water partition coefficient (Wildman–Crippen LogP) is 2.90. The lowest BCUT2D eigenvalue weighted by Gasteiger charge is -1.96. The predicted molar refractivity (Wildman–Crippen MR) is 83.7 cm³/mol. The van der Waals surface area contributed by atoms with Crippen LogP contribution in [0.4, 0.5) is 0 Å². The lowest BCUT2D eigenvalue weighted by molar-refractivity contribution is 0.475. The first kappa shape index (κ1) is 13.8. The third-order valence-corrected chi connectivity index (χ3v) is 4.08. The van der Waals surface area contributed by atoms with E-state index in [2.05, 4.69) is 10.1 Å². The maximum atomic E-state index is 11.8. The van der Waals surface area contributed by atoms with Gasteiger partial charge in [-0.15, -0.1) is 0 Å².